The minimum absolute atomic E-state index is 0.0237. The monoisotopic (exact) mass is 642 g/mol. The third-order valence-electron chi connectivity index (χ3n) is 6.06. The summed E-state index contributed by atoms with van der Waals surface area (Å²) < 4.78 is 9.97. The summed E-state index contributed by atoms with van der Waals surface area (Å²) in [5.74, 6) is 0.470. The zero-order chi connectivity index (χ0) is 22.4. The van der Waals surface area contributed by atoms with E-state index >= 15 is 0 Å². The molecule has 30 heavy (non-hydrogen) atoms. The molecule has 0 aromatic heterocycles. The van der Waals surface area contributed by atoms with Gasteiger partial charge in [0.15, 0.2) is 0 Å². The van der Waals surface area contributed by atoms with Crippen molar-refractivity contribution in [2.24, 2.45) is 5.92 Å². The predicted octanol–water partition coefficient (Wildman–Crippen LogP) is 6.83. The first-order chi connectivity index (χ1) is 14.0. The van der Waals surface area contributed by atoms with Gasteiger partial charge in [-0.05, 0) is 0 Å². The van der Waals surface area contributed by atoms with Crippen LogP contribution in [-0.4, -0.2) is 37.7 Å². The van der Waals surface area contributed by atoms with Crippen LogP contribution in [0.5, 0.6) is 0 Å². The average molecular weight is 641 g/mol. The van der Waals surface area contributed by atoms with Crippen LogP contribution in [0.15, 0.2) is 70.8 Å². The second-order valence-corrected chi connectivity index (χ2v) is 30.3. The Bertz CT molecular complexity index is 754. The Morgan fingerprint density at radius 2 is 1.43 bits per heavy atom. The SMILES string of the molecule is C=[C](C(CCCI)CO[Si](c1ccccc1)(c1ccccc1)C(C)(C)C)[Sn]([CH3])([CH3])[CH3]. The van der Waals surface area contributed by atoms with E-state index in [1.807, 2.05) is 0 Å². The quantitative estimate of drug-likeness (QED) is 0.157. The molecule has 0 heterocycles. The molecule has 2 rings (SSSR count). The fraction of sp³-hybridized carbons (Fsp3) is 0.462. The number of benzene rings is 2. The van der Waals surface area contributed by atoms with Gasteiger partial charge in [-0.3, -0.25) is 0 Å². The van der Waals surface area contributed by atoms with Crippen molar-refractivity contribution in [2.45, 2.75) is 53.5 Å². The van der Waals surface area contributed by atoms with E-state index in [0.717, 1.165) is 6.61 Å². The zero-order valence-electron chi connectivity index (χ0n) is 19.7. The Morgan fingerprint density at radius 1 is 0.967 bits per heavy atom. The predicted molar refractivity (Wildman–Crippen MR) is 148 cm³/mol. The molecule has 0 saturated carbocycles. The van der Waals surface area contributed by atoms with E-state index in [9.17, 15) is 0 Å². The summed E-state index contributed by atoms with van der Waals surface area (Å²) in [5, 5.41) is 2.75. The van der Waals surface area contributed by atoms with Crippen LogP contribution < -0.4 is 10.4 Å². The van der Waals surface area contributed by atoms with Crippen LogP contribution in [0.2, 0.25) is 19.9 Å². The molecule has 1 atom stereocenters. The van der Waals surface area contributed by atoms with Gasteiger partial charge in [0.2, 0.25) is 0 Å². The van der Waals surface area contributed by atoms with E-state index in [4.69, 9.17) is 4.43 Å². The van der Waals surface area contributed by atoms with E-state index in [-0.39, 0.29) is 5.04 Å². The first kappa shape index (κ1) is 26.1. The summed E-state index contributed by atoms with van der Waals surface area (Å²) in [6, 6.07) is 22.0. The molecule has 4 heteroatoms. The molecule has 2 aromatic rings. The fourth-order valence-electron chi connectivity index (χ4n) is 4.28. The van der Waals surface area contributed by atoms with Crippen LogP contribution in [0, 0.1) is 5.92 Å². The van der Waals surface area contributed by atoms with Gasteiger partial charge in [0, 0.05) is 0 Å². The van der Waals surface area contributed by atoms with Crippen molar-refractivity contribution in [1.29, 1.82) is 0 Å². The molecule has 0 bridgehead atoms. The molecular formula is C26H39IOSiSn. The van der Waals surface area contributed by atoms with Crippen molar-refractivity contribution in [1.82, 2.24) is 0 Å². The summed E-state index contributed by atoms with van der Waals surface area (Å²) in [6.07, 6.45) is 2.42. The molecular weight excluding hydrogens is 602 g/mol. The maximum absolute atomic E-state index is 7.25. The normalized spacial score (nSPS) is 13.8. The summed E-state index contributed by atoms with van der Waals surface area (Å²) in [4.78, 5) is 7.45. The summed E-state index contributed by atoms with van der Waals surface area (Å²) in [7, 11) is -2.48. The van der Waals surface area contributed by atoms with Crippen LogP contribution in [0.4, 0.5) is 0 Å². The second-order valence-electron chi connectivity index (χ2n) is 10.3. The van der Waals surface area contributed by atoms with E-state index in [0.29, 0.717) is 5.92 Å². The molecule has 0 fully saturated rings. The molecule has 0 aliphatic carbocycles. The molecule has 2 aromatic carbocycles. The van der Waals surface area contributed by atoms with Gasteiger partial charge in [-0.25, -0.2) is 0 Å². The number of hydrogen-bond donors (Lipinski definition) is 0. The molecule has 0 amide bonds. The maximum atomic E-state index is 7.25. The van der Waals surface area contributed by atoms with E-state index < -0.39 is 26.7 Å². The van der Waals surface area contributed by atoms with Gasteiger partial charge < -0.3 is 0 Å². The van der Waals surface area contributed by atoms with Gasteiger partial charge in [0.05, 0.1) is 0 Å². The molecule has 0 aliphatic rings. The number of halogens is 1. The van der Waals surface area contributed by atoms with Crippen molar-refractivity contribution < 1.29 is 4.43 Å². The first-order valence-corrected chi connectivity index (χ1v) is 24.5. The Morgan fingerprint density at radius 3 is 1.80 bits per heavy atom. The van der Waals surface area contributed by atoms with Gasteiger partial charge in [0.25, 0.3) is 0 Å². The molecule has 0 spiro atoms. The van der Waals surface area contributed by atoms with Crippen molar-refractivity contribution in [2.75, 3.05) is 11.0 Å². The van der Waals surface area contributed by atoms with E-state index in [1.165, 1.54) is 31.2 Å². The summed E-state index contributed by atoms with van der Waals surface area (Å²) in [6.45, 7) is 12.5. The molecule has 0 aliphatic heterocycles. The molecule has 1 unspecified atom stereocenters. The topological polar surface area (TPSA) is 9.23 Å². The Kier molecular flexibility index (Phi) is 9.71. The Labute approximate surface area is 203 Å². The van der Waals surface area contributed by atoms with Crippen LogP contribution in [0.1, 0.15) is 33.6 Å². The molecule has 0 saturated heterocycles. The van der Waals surface area contributed by atoms with Gasteiger partial charge in [0.1, 0.15) is 0 Å². The summed E-state index contributed by atoms with van der Waals surface area (Å²) in [5.41, 5.74) is 0. The van der Waals surface area contributed by atoms with Gasteiger partial charge in [-0.2, -0.15) is 0 Å². The summed E-state index contributed by atoms with van der Waals surface area (Å²) >= 11 is 0.280. The van der Waals surface area contributed by atoms with E-state index in [2.05, 4.69) is 125 Å². The van der Waals surface area contributed by atoms with Crippen LogP contribution in [0.3, 0.4) is 0 Å². The Hall–Kier alpha value is -0.114. The van der Waals surface area contributed by atoms with Crippen LogP contribution in [0.25, 0.3) is 0 Å². The van der Waals surface area contributed by atoms with E-state index in [1.54, 1.807) is 0 Å². The first-order valence-electron chi connectivity index (χ1n) is 11.0. The molecule has 0 radical (unpaired) electrons. The number of rotatable bonds is 10. The van der Waals surface area contributed by atoms with Gasteiger partial charge in [-0.15, -0.1) is 0 Å². The van der Waals surface area contributed by atoms with Gasteiger partial charge in [-0.1, -0.05) is 0 Å². The molecule has 164 valence electrons. The van der Waals surface area contributed by atoms with Gasteiger partial charge >= 0.3 is 205 Å². The standard InChI is InChI=1S/C23H30IOSi.3CH3.Sn/c1-5-20(13-12-18-24)19-25-26(23(2,3)4,21-14-8-6-9-15-21)22-16-10-7-11-17-22;;;;/h6-11,14-17,20H,1,12-13,18-19H2,2-4H3;3*1H3;. The van der Waals surface area contributed by atoms with Crippen molar-refractivity contribution in [3.05, 3.63) is 70.8 Å². The second kappa shape index (κ2) is 11.1. The zero-order valence-corrected chi connectivity index (χ0v) is 25.7. The third-order valence-corrected chi connectivity index (χ3v) is 18.5. The average Bonchev–Trinajstić information content (AvgIpc) is 2.70. The fourth-order valence-corrected chi connectivity index (χ4v) is 13.5. The van der Waals surface area contributed by atoms with Crippen molar-refractivity contribution in [3.8, 4) is 0 Å². The van der Waals surface area contributed by atoms with Crippen molar-refractivity contribution >= 4 is 59.7 Å². The molecule has 1 nitrogen and oxygen atoms in total. The number of alkyl halides is 1. The van der Waals surface area contributed by atoms with Crippen LogP contribution in [-0.2, 0) is 4.43 Å². The number of hydrogen-bond acceptors (Lipinski definition) is 1. The minimum atomic E-state index is -2.48. The molecule has 0 N–H and O–H groups in total. The van der Waals surface area contributed by atoms with Crippen LogP contribution >= 0.6 is 22.6 Å². The third kappa shape index (κ3) is 6.23. The Balaban J connectivity index is 2.53. The van der Waals surface area contributed by atoms with Crippen molar-refractivity contribution in [3.63, 3.8) is 0 Å².